The zero-order valence-electron chi connectivity index (χ0n) is 22.8. The molecule has 3 heterocycles. The molecule has 5 aromatic carbocycles. The van der Waals surface area contributed by atoms with Crippen LogP contribution in [0.5, 0.6) is 0 Å². The summed E-state index contributed by atoms with van der Waals surface area (Å²) >= 11 is 0. The Morgan fingerprint density at radius 1 is 0.524 bits per heavy atom. The summed E-state index contributed by atoms with van der Waals surface area (Å²) in [7, 11) is 0. The second-order valence-electron chi connectivity index (χ2n) is 10.6. The van der Waals surface area contributed by atoms with Gasteiger partial charge in [0.05, 0.1) is 16.4 Å². The Morgan fingerprint density at radius 2 is 1.17 bits per heavy atom. The fraction of sp³-hybridized carbons (Fsp3) is 0. The lowest BCUT2D eigenvalue weighted by atomic mass is 9.37. The predicted octanol–water partition coefficient (Wildman–Crippen LogP) is 7.38. The SMILES string of the molecule is c1ccc(B(c2ccccc2)c2cccc(-c3cccc(-c4c5ncccc5nc5oc6ccccc6c45)c3)c2)cc1. The summed E-state index contributed by atoms with van der Waals surface area (Å²) in [6, 6.07) is 51.2. The number of pyridine rings is 2. The van der Waals surface area contributed by atoms with E-state index < -0.39 is 0 Å². The van der Waals surface area contributed by atoms with Crippen molar-refractivity contribution in [2.45, 2.75) is 0 Å². The fourth-order valence-corrected chi connectivity index (χ4v) is 6.16. The van der Waals surface area contributed by atoms with Crippen molar-refractivity contribution in [2.75, 3.05) is 0 Å². The number of nitrogens with zero attached hydrogens (tertiary/aromatic N) is 2. The molecule has 0 unspecified atom stereocenters. The molecule has 0 aliphatic carbocycles. The average Bonchev–Trinajstić information content (AvgIpc) is 3.43. The van der Waals surface area contributed by atoms with Crippen LogP contribution in [0.25, 0.3) is 55.4 Å². The molecule has 0 atom stereocenters. The van der Waals surface area contributed by atoms with Crippen LogP contribution in [-0.4, -0.2) is 16.7 Å². The summed E-state index contributed by atoms with van der Waals surface area (Å²) in [6.07, 6.45) is 1.84. The third-order valence-corrected chi connectivity index (χ3v) is 8.04. The van der Waals surface area contributed by atoms with Gasteiger partial charge in [0.25, 0.3) is 0 Å². The van der Waals surface area contributed by atoms with Crippen molar-refractivity contribution < 1.29 is 4.42 Å². The molecule has 0 aliphatic rings. The molecule has 42 heavy (non-hydrogen) atoms. The van der Waals surface area contributed by atoms with Crippen LogP contribution in [0.1, 0.15) is 0 Å². The normalized spacial score (nSPS) is 11.3. The molecule has 0 fully saturated rings. The Labute approximate surface area is 244 Å². The molecule has 0 saturated heterocycles. The molecular weight excluding hydrogens is 511 g/mol. The van der Waals surface area contributed by atoms with Gasteiger partial charge in [-0.15, -0.1) is 0 Å². The van der Waals surface area contributed by atoms with Gasteiger partial charge in [-0.25, -0.2) is 4.98 Å². The van der Waals surface area contributed by atoms with Gasteiger partial charge in [-0.05, 0) is 41.0 Å². The van der Waals surface area contributed by atoms with Crippen LogP contribution in [0.3, 0.4) is 0 Å². The molecule has 0 aliphatic heterocycles. The molecule has 8 rings (SSSR count). The highest BCUT2D eigenvalue weighted by Gasteiger charge is 2.22. The van der Waals surface area contributed by atoms with Gasteiger partial charge in [0.2, 0.25) is 12.4 Å². The Kier molecular flexibility index (Phi) is 5.89. The Hall–Kier alpha value is -5.48. The first kappa shape index (κ1) is 24.3. The van der Waals surface area contributed by atoms with Crippen LogP contribution in [0.4, 0.5) is 0 Å². The van der Waals surface area contributed by atoms with Crippen molar-refractivity contribution >= 4 is 56.2 Å². The highest BCUT2D eigenvalue weighted by Crippen LogP contribution is 2.40. The fourth-order valence-electron chi connectivity index (χ4n) is 6.16. The number of para-hydroxylation sites is 1. The van der Waals surface area contributed by atoms with Crippen molar-refractivity contribution in [1.82, 2.24) is 9.97 Å². The summed E-state index contributed by atoms with van der Waals surface area (Å²) in [4.78, 5) is 9.64. The average molecular weight is 536 g/mol. The minimum absolute atomic E-state index is 0.140. The van der Waals surface area contributed by atoms with Crippen LogP contribution in [0, 0.1) is 0 Å². The zero-order chi connectivity index (χ0) is 27.9. The van der Waals surface area contributed by atoms with Crippen molar-refractivity contribution in [3.05, 3.63) is 152 Å². The second-order valence-corrected chi connectivity index (χ2v) is 10.6. The largest absolute Gasteiger partial charge is 0.438 e. The summed E-state index contributed by atoms with van der Waals surface area (Å²) in [6.45, 7) is 0.140. The monoisotopic (exact) mass is 536 g/mol. The van der Waals surface area contributed by atoms with E-state index in [4.69, 9.17) is 14.4 Å². The molecule has 0 saturated carbocycles. The molecule has 8 aromatic rings. The Bertz CT molecular complexity index is 2170. The van der Waals surface area contributed by atoms with E-state index in [-0.39, 0.29) is 6.71 Å². The number of fused-ring (bicyclic) bond motifs is 4. The number of hydrogen-bond acceptors (Lipinski definition) is 3. The lowest BCUT2D eigenvalue weighted by molar-refractivity contribution is 0.656. The molecule has 3 nitrogen and oxygen atoms in total. The molecule has 4 heteroatoms. The maximum absolute atomic E-state index is 6.22. The Morgan fingerprint density at radius 3 is 1.95 bits per heavy atom. The highest BCUT2D eigenvalue weighted by atomic mass is 16.3. The summed E-state index contributed by atoms with van der Waals surface area (Å²) in [5.74, 6) is 0. The van der Waals surface area contributed by atoms with Gasteiger partial charge in [-0.2, -0.15) is 0 Å². The van der Waals surface area contributed by atoms with E-state index in [9.17, 15) is 0 Å². The number of furan rings is 1. The van der Waals surface area contributed by atoms with Gasteiger partial charge in [-0.3, -0.25) is 4.98 Å². The lowest BCUT2D eigenvalue weighted by Gasteiger charge is -2.17. The van der Waals surface area contributed by atoms with E-state index in [0.717, 1.165) is 44.1 Å². The molecule has 196 valence electrons. The maximum atomic E-state index is 6.22. The van der Waals surface area contributed by atoms with E-state index in [0.29, 0.717) is 5.71 Å². The predicted molar refractivity (Wildman–Crippen MR) is 175 cm³/mol. The van der Waals surface area contributed by atoms with Gasteiger partial charge in [0, 0.05) is 17.1 Å². The molecular formula is C38H25BN2O. The van der Waals surface area contributed by atoms with Gasteiger partial charge in [0.15, 0.2) is 0 Å². The van der Waals surface area contributed by atoms with Gasteiger partial charge < -0.3 is 4.42 Å². The zero-order valence-corrected chi connectivity index (χ0v) is 22.8. The number of hydrogen-bond donors (Lipinski definition) is 0. The van der Waals surface area contributed by atoms with E-state index in [1.54, 1.807) is 0 Å². The van der Waals surface area contributed by atoms with Crippen LogP contribution in [-0.2, 0) is 0 Å². The van der Waals surface area contributed by atoms with Crippen molar-refractivity contribution in [3.8, 4) is 22.3 Å². The van der Waals surface area contributed by atoms with Crippen LogP contribution < -0.4 is 16.4 Å². The van der Waals surface area contributed by atoms with Gasteiger partial charge in [-0.1, -0.05) is 138 Å². The van der Waals surface area contributed by atoms with E-state index in [2.05, 4.69) is 115 Å². The minimum Gasteiger partial charge on any atom is -0.438 e. The van der Waals surface area contributed by atoms with Gasteiger partial charge >= 0.3 is 0 Å². The summed E-state index contributed by atoms with van der Waals surface area (Å²) < 4.78 is 6.22. The lowest BCUT2D eigenvalue weighted by Crippen LogP contribution is -2.51. The van der Waals surface area contributed by atoms with Crippen LogP contribution in [0.15, 0.2) is 156 Å². The number of aromatic nitrogens is 2. The first-order valence-electron chi connectivity index (χ1n) is 14.2. The van der Waals surface area contributed by atoms with E-state index in [1.165, 1.54) is 22.0 Å². The maximum Gasteiger partial charge on any atom is 0.241 e. The molecule has 3 aromatic heterocycles. The van der Waals surface area contributed by atoms with Crippen molar-refractivity contribution in [1.29, 1.82) is 0 Å². The van der Waals surface area contributed by atoms with Crippen LogP contribution >= 0.6 is 0 Å². The quantitative estimate of drug-likeness (QED) is 0.216. The summed E-state index contributed by atoms with van der Waals surface area (Å²) in [5, 5.41) is 2.04. The highest BCUT2D eigenvalue weighted by molar-refractivity contribution is 6.95. The second kappa shape index (κ2) is 10.2. The molecule has 0 bridgehead atoms. The van der Waals surface area contributed by atoms with Gasteiger partial charge in [0.1, 0.15) is 5.58 Å². The van der Waals surface area contributed by atoms with E-state index in [1.807, 2.05) is 36.5 Å². The third-order valence-electron chi connectivity index (χ3n) is 8.04. The Balaban J connectivity index is 1.31. The minimum atomic E-state index is 0.140. The third kappa shape index (κ3) is 4.16. The van der Waals surface area contributed by atoms with E-state index >= 15 is 0 Å². The topological polar surface area (TPSA) is 38.9 Å². The first-order chi connectivity index (χ1) is 20.8. The first-order valence-corrected chi connectivity index (χ1v) is 14.2. The van der Waals surface area contributed by atoms with Crippen LogP contribution in [0.2, 0.25) is 0 Å². The smallest absolute Gasteiger partial charge is 0.241 e. The number of rotatable bonds is 5. The molecule has 0 spiro atoms. The summed E-state index contributed by atoms with van der Waals surface area (Å²) in [5.41, 5.74) is 11.4. The van der Waals surface area contributed by atoms with Crippen molar-refractivity contribution in [3.63, 3.8) is 0 Å². The number of benzene rings is 5. The molecule has 0 amide bonds. The molecule has 0 radical (unpaired) electrons. The standard InChI is InChI=1S/C38H25BN2O/c1-3-15-29(16-4-1)39(30-17-5-2-6-18-30)31-19-10-13-27(25-31)26-12-9-14-28(24-26)35-36-32-20-7-8-22-34(32)42-38(36)41-33-21-11-23-40-37(33)35/h1-25H. The molecule has 0 N–H and O–H groups in total. The van der Waals surface area contributed by atoms with Crippen molar-refractivity contribution in [2.24, 2.45) is 0 Å².